The molecule has 0 atom stereocenters. The van der Waals surface area contributed by atoms with Crippen LogP contribution in [0.3, 0.4) is 0 Å². The van der Waals surface area contributed by atoms with Gasteiger partial charge in [-0.3, -0.25) is 4.79 Å². The first-order valence-corrected chi connectivity index (χ1v) is 10.0. The second-order valence-corrected chi connectivity index (χ2v) is 7.62. The summed E-state index contributed by atoms with van der Waals surface area (Å²) in [7, 11) is 0. The highest BCUT2D eigenvalue weighted by Gasteiger charge is 2.21. The van der Waals surface area contributed by atoms with E-state index in [4.69, 9.17) is 0 Å². The van der Waals surface area contributed by atoms with Gasteiger partial charge in [0.15, 0.2) is 0 Å². The number of carbonyl (C=O) groups is 2. The molecule has 0 aromatic heterocycles. The van der Waals surface area contributed by atoms with Crippen LogP contribution in [0.2, 0.25) is 0 Å². The van der Waals surface area contributed by atoms with Crippen LogP contribution in [0.1, 0.15) is 41.3 Å². The van der Waals surface area contributed by atoms with E-state index in [0.717, 1.165) is 43.6 Å². The van der Waals surface area contributed by atoms with Crippen molar-refractivity contribution in [1.82, 2.24) is 10.2 Å². The molecule has 28 heavy (non-hydrogen) atoms. The Kier molecular flexibility index (Phi) is 6.69. The number of rotatable bonds is 5. The summed E-state index contributed by atoms with van der Waals surface area (Å²) in [5.74, 6) is 0.770. The van der Waals surface area contributed by atoms with Crippen molar-refractivity contribution in [2.75, 3.05) is 25.0 Å². The fourth-order valence-corrected chi connectivity index (χ4v) is 3.46. The number of piperidine rings is 1. The van der Waals surface area contributed by atoms with Crippen LogP contribution in [0.25, 0.3) is 0 Å². The highest BCUT2D eigenvalue weighted by molar-refractivity contribution is 5.96. The zero-order valence-corrected chi connectivity index (χ0v) is 16.7. The van der Waals surface area contributed by atoms with Gasteiger partial charge < -0.3 is 15.5 Å². The summed E-state index contributed by atoms with van der Waals surface area (Å²) in [4.78, 5) is 26.8. The fourth-order valence-electron chi connectivity index (χ4n) is 3.46. The van der Waals surface area contributed by atoms with E-state index in [2.05, 4.69) is 17.6 Å². The van der Waals surface area contributed by atoms with Crippen LogP contribution in [-0.2, 0) is 6.42 Å². The molecule has 2 aromatic rings. The summed E-state index contributed by atoms with van der Waals surface area (Å²) < 4.78 is 0. The zero-order valence-electron chi connectivity index (χ0n) is 16.7. The van der Waals surface area contributed by atoms with Gasteiger partial charge in [-0.05, 0) is 61.4 Å². The molecule has 1 fully saturated rings. The normalized spacial score (nSPS) is 14.6. The maximum Gasteiger partial charge on any atom is 0.319 e. The quantitative estimate of drug-likeness (QED) is 0.817. The molecule has 2 N–H and O–H groups in total. The molecule has 5 heteroatoms. The van der Waals surface area contributed by atoms with E-state index >= 15 is 0 Å². The van der Waals surface area contributed by atoms with Crippen molar-refractivity contribution in [2.45, 2.75) is 33.1 Å². The summed E-state index contributed by atoms with van der Waals surface area (Å²) in [6.07, 6.45) is 2.91. The average Bonchev–Trinajstić information content (AvgIpc) is 2.70. The van der Waals surface area contributed by atoms with E-state index in [1.54, 1.807) is 6.07 Å². The first-order valence-electron chi connectivity index (χ1n) is 10.0. The lowest BCUT2D eigenvalue weighted by atomic mass is 9.98. The van der Waals surface area contributed by atoms with Gasteiger partial charge in [-0.15, -0.1) is 0 Å². The smallest absolute Gasteiger partial charge is 0.319 e. The Labute approximate surface area is 167 Å². The third-order valence-electron chi connectivity index (χ3n) is 5.33. The Bertz CT molecular complexity index is 812. The van der Waals surface area contributed by atoms with Gasteiger partial charge in [0.25, 0.3) is 5.91 Å². The van der Waals surface area contributed by atoms with E-state index in [0.29, 0.717) is 18.0 Å². The van der Waals surface area contributed by atoms with Crippen LogP contribution in [0, 0.1) is 12.8 Å². The first-order chi connectivity index (χ1) is 13.5. The molecule has 1 aliphatic heterocycles. The minimum atomic E-state index is -0.233. The molecular weight excluding hydrogens is 350 g/mol. The predicted octanol–water partition coefficient (Wildman–Crippen LogP) is 4.23. The maximum atomic E-state index is 12.7. The van der Waals surface area contributed by atoms with Gasteiger partial charge in [0.05, 0.1) is 0 Å². The molecule has 2 aromatic carbocycles. The molecule has 0 unspecified atom stereocenters. The Morgan fingerprint density at radius 3 is 2.46 bits per heavy atom. The van der Waals surface area contributed by atoms with Crippen molar-refractivity contribution in [3.63, 3.8) is 0 Å². The number of anilines is 1. The Balaban J connectivity index is 1.52. The van der Waals surface area contributed by atoms with Crippen molar-refractivity contribution in [3.8, 4) is 0 Å². The number of amides is 3. The largest absolute Gasteiger partial charge is 0.339 e. The molecule has 0 aliphatic carbocycles. The van der Waals surface area contributed by atoms with Crippen molar-refractivity contribution in [2.24, 2.45) is 5.92 Å². The van der Waals surface area contributed by atoms with Gasteiger partial charge >= 0.3 is 6.03 Å². The van der Waals surface area contributed by atoms with Crippen LogP contribution < -0.4 is 10.6 Å². The molecule has 1 heterocycles. The van der Waals surface area contributed by atoms with Gasteiger partial charge in [0, 0.05) is 30.9 Å². The molecular formula is C23H29N3O2. The Hall–Kier alpha value is -2.82. The SMILES string of the molecule is Cc1cc(C(=O)N2CCC(C)CC2)ccc1NC(=O)NCCc1ccccc1. The molecule has 0 bridgehead atoms. The molecule has 5 nitrogen and oxygen atoms in total. The lowest BCUT2D eigenvalue weighted by Gasteiger charge is -2.30. The van der Waals surface area contributed by atoms with Crippen LogP contribution in [-0.4, -0.2) is 36.5 Å². The Morgan fingerprint density at radius 1 is 1.07 bits per heavy atom. The number of hydrogen-bond donors (Lipinski definition) is 2. The number of carbonyl (C=O) groups excluding carboxylic acids is 2. The lowest BCUT2D eigenvalue weighted by molar-refractivity contribution is 0.0697. The zero-order chi connectivity index (χ0) is 19.9. The number of nitrogens with one attached hydrogen (secondary N) is 2. The second-order valence-electron chi connectivity index (χ2n) is 7.62. The standard InChI is InChI=1S/C23H29N3O2/c1-17-11-14-26(15-12-17)22(27)20-8-9-21(18(2)16-20)25-23(28)24-13-10-19-6-4-3-5-7-19/h3-9,16-17H,10-15H2,1-2H3,(H2,24,25,28). The topological polar surface area (TPSA) is 61.4 Å². The van der Waals surface area contributed by atoms with E-state index in [9.17, 15) is 9.59 Å². The number of nitrogens with zero attached hydrogens (tertiary/aromatic N) is 1. The van der Waals surface area contributed by atoms with Crippen LogP contribution in [0.4, 0.5) is 10.5 Å². The molecule has 0 saturated carbocycles. The summed E-state index contributed by atoms with van der Waals surface area (Å²) in [6, 6.07) is 15.3. The van der Waals surface area contributed by atoms with E-state index in [1.807, 2.05) is 54.3 Å². The van der Waals surface area contributed by atoms with E-state index < -0.39 is 0 Å². The van der Waals surface area contributed by atoms with Gasteiger partial charge in [-0.2, -0.15) is 0 Å². The molecule has 148 valence electrons. The lowest BCUT2D eigenvalue weighted by Crippen LogP contribution is -2.38. The second kappa shape index (κ2) is 9.40. The highest BCUT2D eigenvalue weighted by atomic mass is 16.2. The monoisotopic (exact) mass is 379 g/mol. The first kappa shape index (κ1) is 19.9. The summed E-state index contributed by atoms with van der Waals surface area (Å²) in [5, 5.41) is 5.75. The molecule has 0 spiro atoms. The summed E-state index contributed by atoms with van der Waals surface area (Å²) >= 11 is 0. The molecule has 1 saturated heterocycles. The third-order valence-corrected chi connectivity index (χ3v) is 5.33. The summed E-state index contributed by atoms with van der Waals surface area (Å²) in [5.41, 5.74) is 3.48. The third kappa shape index (κ3) is 5.35. The molecule has 3 amide bonds. The molecule has 3 rings (SSSR count). The average molecular weight is 380 g/mol. The number of urea groups is 1. The van der Waals surface area contributed by atoms with Gasteiger partial charge in [-0.25, -0.2) is 4.79 Å². The van der Waals surface area contributed by atoms with Crippen LogP contribution in [0.15, 0.2) is 48.5 Å². The minimum Gasteiger partial charge on any atom is -0.339 e. The minimum absolute atomic E-state index is 0.0777. The van der Waals surface area contributed by atoms with Crippen LogP contribution in [0.5, 0.6) is 0 Å². The number of likely N-dealkylation sites (tertiary alicyclic amines) is 1. The predicted molar refractivity (Wildman–Crippen MR) is 113 cm³/mol. The van der Waals surface area contributed by atoms with Gasteiger partial charge in [0.1, 0.15) is 0 Å². The number of aryl methyl sites for hydroxylation is 1. The molecule has 0 radical (unpaired) electrons. The fraction of sp³-hybridized carbons (Fsp3) is 0.391. The van der Waals surface area contributed by atoms with Gasteiger partial charge in [0.2, 0.25) is 0 Å². The summed E-state index contributed by atoms with van der Waals surface area (Å²) in [6.45, 7) is 6.36. The van der Waals surface area contributed by atoms with Gasteiger partial charge in [-0.1, -0.05) is 37.3 Å². The van der Waals surface area contributed by atoms with Crippen molar-refractivity contribution >= 4 is 17.6 Å². The molecule has 1 aliphatic rings. The van der Waals surface area contributed by atoms with Crippen molar-refractivity contribution in [3.05, 3.63) is 65.2 Å². The highest BCUT2D eigenvalue weighted by Crippen LogP contribution is 2.21. The number of hydrogen-bond acceptors (Lipinski definition) is 2. The van der Waals surface area contributed by atoms with Crippen molar-refractivity contribution in [1.29, 1.82) is 0 Å². The van der Waals surface area contributed by atoms with Crippen LogP contribution >= 0.6 is 0 Å². The van der Waals surface area contributed by atoms with E-state index in [-0.39, 0.29) is 11.9 Å². The number of benzene rings is 2. The Morgan fingerprint density at radius 2 is 1.79 bits per heavy atom. The maximum absolute atomic E-state index is 12.7. The van der Waals surface area contributed by atoms with E-state index in [1.165, 1.54) is 5.56 Å². The van der Waals surface area contributed by atoms with Crippen molar-refractivity contribution < 1.29 is 9.59 Å².